The Bertz CT molecular complexity index is 314. The predicted octanol–water partition coefficient (Wildman–Crippen LogP) is 0.603. The zero-order valence-corrected chi connectivity index (χ0v) is 12.9. The Hall–Kier alpha value is -0.650. The van der Waals surface area contributed by atoms with Crippen LogP contribution in [0, 0.1) is 5.92 Å². The number of amides is 1. The Kier molecular flexibility index (Phi) is 5.81. The first-order chi connectivity index (χ1) is 9.55. The Morgan fingerprint density at radius 1 is 1.50 bits per heavy atom. The molecule has 0 spiro atoms. The fraction of sp³-hybridized carbons (Fsp3) is 0.933. The van der Waals surface area contributed by atoms with E-state index in [-0.39, 0.29) is 11.5 Å². The second kappa shape index (κ2) is 7.38. The highest BCUT2D eigenvalue weighted by molar-refractivity contribution is 5.75. The first-order valence-electron chi connectivity index (χ1n) is 7.89. The SMILES string of the molecule is CC1(C)CN(CCNC(=O)CCC2CCNC2)CCO1. The van der Waals surface area contributed by atoms with Gasteiger partial charge in [-0.2, -0.15) is 0 Å². The van der Waals surface area contributed by atoms with Crippen molar-refractivity contribution in [3.63, 3.8) is 0 Å². The van der Waals surface area contributed by atoms with Crippen molar-refractivity contribution in [2.75, 3.05) is 45.9 Å². The average molecular weight is 283 g/mol. The molecule has 20 heavy (non-hydrogen) atoms. The number of rotatable bonds is 6. The van der Waals surface area contributed by atoms with Gasteiger partial charge in [0.25, 0.3) is 0 Å². The molecule has 2 heterocycles. The molecule has 116 valence electrons. The minimum atomic E-state index is -0.0578. The molecular formula is C15H29N3O2. The summed E-state index contributed by atoms with van der Waals surface area (Å²) in [7, 11) is 0. The third kappa shape index (κ3) is 5.38. The molecule has 0 aliphatic carbocycles. The van der Waals surface area contributed by atoms with Crippen LogP contribution in [0.15, 0.2) is 0 Å². The highest BCUT2D eigenvalue weighted by atomic mass is 16.5. The summed E-state index contributed by atoms with van der Waals surface area (Å²) in [5.41, 5.74) is -0.0578. The first kappa shape index (κ1) is 15.7. The van der Waals surface area contributed by atoms with Crippen molar-refractivity contribution in [1.29, 1.82) is 0 Å². The van der Waals surface area contributed by atoms with Gasteiger partial charge in [-0.05, 0) is 45.7 Å². The van der Waals surface area contributed by atoms with Gasteiger partial charge in [-0.25, -0.2) is 0 Å². The lowest BCUT2D eigenvalue weighted by Crippen LogP contribution is -2.50. The van der Waals surface area contributed by atoms with Crippen molar-refractivity contribution in [2.45, 2.75) is 38.7 Å². The van der Waals surface area contributed by atoms with Crippen LogP contribution < -0.4 is 10.6 Å². The van der Waals surface area contributed by atoms with E-state index in [9.17, 15) is 4.79 Å². The topological polar surface area (TPSA) is 53.6 Å². The van der Waals surface area contributed by atoms with E-state index in [0.717, 1.165) is 52.3 Å². The van der Waals surface area contributed by atoms with Crippen LogP contribution >= 0.6 is 0 Å². The Labute approximate surface area is 122 Å². The van der Waals surface area contributed by atoms with E-state index in [1.807, 2.05) is 0 Å². The monoisotopic (exact) mass is 283 g/mol. The van der Waals surface area contributed by atoms with E-state index in [2.05, 4.69) is 29.4 Å². The van der Waals surface area contributed by atoms with Gasteiger partial charge < -0.3 is 15.4 Å². The molecule has 0 saturated carbocycles. The highest BCUT2D eigenvalue weighted by Gasteiger charge is 2.26. The Morgan fingerprint density at radius 3 is 3.05 bits per heavy atom. The molecule has 1 amide bonds. The van der Waals surface area contributed by atoms with Crippen LogP contribution in [0.25, 0.3) is 0 Å². The number of carbonyl (C=O) groups excluding carboxylic acids is 1. The van der Waals surface area contributed by atoms with E-state index in [1.165, 1.54) is 6.42 Å². The summed E-state index contributed by atoms with van der Waals surface area (Å²) in [6.45, 7) is 10.8. The Balaban J connectivity index is 1.54. The zero-order valence-electron chi connectivity index (χ0n) is 12.9. The van der Waals surface area contributed by atoms with Crippen LogP contribution in [0.4, 0.5) is 0 Å². The largest absolute Gasteiger partial charge is 0.373 e. The molecule has 5 nitrogen and oxygen atoms in total. The number of morpholine rings is 1. The van der Waals surface area contributed by atoms with E-state index < -0.39 is 0 Å². The van der Waals surface area contributed by atoms with Crippen LogP contribution in [-0.2, 0) is 9.53 Å². The van der Waals surface area contributed by atoms with Crippen molar-refractivity contribution in [3.8, 4) is 0 Å². The van der Waals surface area contributed by atoms with Gasteiger partial charge in [-0.1, -0.05) is 0 Å². The molecule has 0 bridgehead atoms. The fourth-order valence-corrected chi connectivity index (χ4v) is 3.04. The van der Waals surface area contributed by atoms with Crippen LogP contribution in [-0.4, -0.2) is 62.3 Å². The molecule has 1 unspecified atom stereocenters. The lowest BCUT2D eigenvalue weighted by molar-refractivity contribution is -0.121. The quantitative estimate of drug-likeness (QED) is 0.750. The maximum atomic E-state index is 11.8. The van der Waals surface area contributed by atoms with Crippen LogP contribution in [0.5, 0.6) is 0 Å². The molecular weight excluding hydrogens is 254 g/mol. The molecule has 2 rings (SSSR count). The fourth-order valence-electron chi connectivity index (χ4n) is 3.04. The number of carbonyl (C=O) groups is 1. The summed E-state index contributed by atoms with van der Waals surface area (Å²) in [6.07, 6.45) is 2.90. The molecule has 0 aromatic heterocycles. The second-order valence-electron chi connectivity index (χ2n) is 6.63. The minimum Gasteiger partial charge on any atom is -0.373 e. The van der Waals surface area contributed by atoms with Gasteiger partial charge in [-0.15, -0.1) is 0 Å². The van der Waals surface area contributed by atoms with E-state index >= 15 is 0 Å². The number of nitrogens with one attached hydrogen (secondary N) is 2. The average Bonchev–Trinajstić information content (AvgIpc) is 2.88. The molecule has 2 aliphatic heterocycles. The standard InChI is InChI=1S/C15H29N3O2/c1-15(2)12-18(9-10-20-15)8-7-17-14(19)4-3-13-5-6-16-11-13/h13,16H,3-12H2,1-2H3,(H,17,19). The zero-order chi connectivity index (χ0) is 14.4. The van der Waals surface area contributed by atoms with Gasteiger partial charge in [0.15, 0.2) is 0 Å². The van der Waals surface area contributed by atoms with Gasteiger partial charge in [0.05, 0.1) is 12.2 Å². The smallest absolute Gasteiger partial charge is 0.220 e. The molecule has 2 saturated heterocycles. The third-order valence-corrected chi connectivity index (χ3v) is 4.20. The molecule has 1 atom stereocenters. The summed E-state index contributed by atoms with van der Waals surface area (Å²) in [5, 5.41) is 6.38. The number of nitrogens with zero attached hydrogens (tertiary/aromatic N) is 1. The van der Waals surface area contributed by atoms with Crippen molar-refractivity contribution in [3.05, 3.63) is 0 Å². The van der Waals surface area contributed by atoms with Gasteiger partial charge in [-0.3, -0.25) is 9.69 Å². The van der Waals surface area contributed by atoms with Gasteiger partial charge in [0.2, 0.25) is 5.91 Å². The summed E-state index contributed by atoms with van der Waals surface area (Å²) in [4.78, 5) is 14.2. The van der Waals surface area contributed by atoms with E-state index in [1.54, 1.807) is 0 Å². The molecule has 0 aromatic rings. The highest BCUT2D eigenvalue weighted by Crippen LogP contribution is 2.16. The van der Waals surface area contributed by atoms with Gasteiger partial charge >= 0.3 is 0 Å². The molecule has 2 N–H and O–H groups in total. The normalized spacial score (nSPS) is 26.6. The van der Waals surface area contributed by atoms with E-state index in [0.29, 0.717) is 12.3 Å². The lowest BCUT2D eigenvalue weighted by atomic mass is 10.0. The minimum absolute atomic E-state index is 0.0578. The Morgan fingerprint density at radius 2 is 2.35 bits per heavy atom. The second-order valence-corrected chi connectivity index (χ2v) is 6.63. The maximum Gasteiger partial charge on any atom is 0.220 e. The number of ether oxygens (including phenoxy) is 1. The molecule has 2 fully saturated rings. The van der Waals surface area contributed by atoms with Crippen LogP contribution in [0.3, 0.4) is 0 Å². The summed E-state index contributed by atoms with van der Waals surface area (Å²) in [6, 6.07) is 0. The van der Waals surface area contributed by atoms with Crippen LogP contribution in [0.1, 0.15) is 33.1 Å². The third-order valence-electron chi connectivity index (χ3n) is 4.20. The van der Waals surface area contributed by atoms with Crippen molar-refractivity contribution >= 4 is 5.91 Å². The summed E-state index contributed by atoms with van der Waals surface area (Å²) in [5.74, 6) is 0.894. The first-order valence-corrected chi connectivity index (χ1v) is 7.89. The van der Waals surface area contributed by atoms with Gasteiger partial charge in [0, 0.05) is 32.6 Å². The molecule has 2 aliphatic rings. The molecule has 0 radical (unpaired) electrons. The predicted molar refractivity (Wildman–Crippen MR) is 79.7 cm³/mol. The summed E-state index contributed by atoms with van der Waals surface area (Å²) >= 11 is 0. The van der Waals surface area contributed by atoms with E-state index in [4.69, 9.17) is 4.74 Å². The lowest BCUT2D eigenvalue weighted by Gasteiger charge is -2.38. The summed E-state index contributed by atoms with van der Waals surface area (Å²) < 4.78 is 5.68. The van der Waals surface area contributed by atoms with Crippen molar-refractivity contribution < 1.29 is 9.53 Å². The number of hydrogen-bond acceptors (Lipinski definition) is 4. The number of hydrogen-bond donors (Lipinski definition) is 2. The molecule has 5 heteroatoms. The van der Waals surface area contributed by atoms with Crippen LogP contribution in [0.2, 0.25) is 0 Å². The van der Waals surface area contributed by atoms with Crippen molar-refractivity contribution in [1.82, 2.24) is 15.5 Å². The maximum absolute atomic E-state index is 11.8. The van der Waals surface area contributed by atoms with Crippen molar-refractivity contribution in [2.24, 2.45) is 5.92 Å². The van der Waals surface area contributed by atoms with Gasteiger partial charge in [0.1, 0.15) is 0 Å². The molecule has 0 aromatic carbocycles.